The van der Waals surface area contributed by atoms with Crippen molar-refractivity contribution in [2.75, 3.05) is 0 Å². The van der Waals surface area contributed by atoms with E-state index in [0.29, 0.717) is 10.9 Å². The fourth-order valence-electron chi connectivity index (χ4n) is 1.66. The number of benzene rings is 1. The molecule has 1 aromatic heterocycles. The van der Waals surface area contributed by atoms with Crippen LogP contribution < -0.4 is 10.5 Å². The summed E-state index contributed by atoms with van der Waals surface area (Å²) in [5.41, 5.74) is 5.90. The highest BCUT2D eigenvalue weighted by molar-refractivity contribution is 6.02. The van der Waals surface area contributed by atoms with E-state index in [1.807, 2.05) is 0 Å². The zero-order chi connectivity index (χ0) is 15.6. The van der Waals surface area contributed by atoms with Crippen molar-refractivity contribution in [2.24, 2.45) is 10.9 Å². The fourth-order valence-corrected chi connectivity index (χ4v) is 1.66. The summed E-state index contributed by atoms with van der Waals surface area (Å²) in [7, 11) is 0. The van der Waals surface area contributed by atoms with Crippen molar-refractivity contribution in [2.45, 2.75) is 19.2 Å². The van der Waals surface area contributed by atoms with Crippen molar-refractivity contribution in [1.82, 2.24) is 4.98 Å². The molecule has 0 radical (unpaired) electrons. The first-order valence-electron chi connectivity index (χ1n) is 5.94. The predicted molar refractivity (Wildman–Crippen MR) is 70.4 cm³/mol. The van der Waals surface area contributed by atoms with Crippen LogP contribution in [-0.4, -0.2) is 28.3 Å². The van der Waals surface area contributed by atoms with Crippen LogP contribution >= 0.6 is 0 Å². The number of fused-ring (bicyclic) bond motifs is 1. The number of ether oxygens (including phenoxy) is 1. The second kappa shape index (κ2) is 5.47. The van der Waals surface area contributed by atoms with Crippen LogP contribution in [-0.2, 0) is 0 Å². The Hall–Kier alpha value is -2.51. The highest BCUT2D eigenvalue weighted by Gasteiger charge is 2.38. The number of amidine groups is 1. The highest BCUT2D eigenvalue weighted by atomic mass is 19.4. The van der Waals surface area contributed by atoms with E-state index in [9.17, 15) is 13.2 Å². The minimum atomic E-state index is -4.55. The zero-order valence-electron chi connectivity index (χ0n) is 10.9. The first-order chi connectivity index (χ1) is 9.82. The summed E-state index contributed by atoms with van der Waals surface area (Å²) in [5, 5.41) is 12.2. The third-order valence-electron chi connectivity index (χ3n) is 2.82. The van der Waals surface area contributed by atoms with Crippen LogP contribution in [0.15, 0.2) is 35.5 Å². The van der Waals surface area contributed by atoms with Crippen molar-refractivity contribution in [3.05, 3.63) is 35.9 Å². The molecule has 0 saturated carbocycles. The molecule has 1 unspecified atom stereocenters. The number of aromatic nitrogens is 1. The van der Waals surface area contributed by atoms with E-state index < -0.39 is 12.3 Å². The van der Waals surface area contributed by atoms with Gasteiger partial charge in [0.2, 0.25) is 5.88 Å². The van der Waals surface area contributed by atoms with Gasteiger partial charge >= 0.3 is 6.18 Å². The minimum Gasteiger partial charge on any atom is -0.464 e. The van der Waals surface area contributed by atoms with E-state index in [-0.39, 0.29) is 17.3 Å². The maximum atomic E-state index is 12.6. The molecule has 0 saturated heterocycles. The third-order valence-corrected chi connectivity index (χ3v) is 2.82. The molecular formula is C13H12F3N3O2. The molecule has 0 aliphatic heterocycles. The van der Waals surface area contributed by atoms with Gasteiger partial charge in [-0.1, -0.05) is 23.4 Å². The van der Waals surface area contributed by atoms with Crippen molar-refractivity contribution >= 4 is 16.7 Å². The molecule has 0 bridgehead atoms. The minimum absolute atomic E-state index is 0.00713. The van der Waals surface area contributed by atoms with E-state index in [1.165, 1.54) is 6.07 Å². The standard InChI is InChI=1S/C13H12F3N3O2/c1-7(13(14,15)16)21-12-9(11(17)19-20)6-8-4-2-3-5-10(8)18-12/h2-7,20H,1H3,(H2,17,19). The summed E-state index contributed by atoms with van der Waals surface area (Å²) in [6.45, 7) is 0.854. The number of pyridine rings is 1. The molecule has 0 spiro atoms. The molecule has 1 aromatic carbocycles. The van der Waals surface area contributed by atoms with Gasteiger partial charge in [0.15, 0.2) is 11.9 Å². The second-order valence-electron chi connectivity index (χ2n) is 4.32. The molecule has 1 heterocycles. The summed E-state index contributed by atoms with van der Waals surface area (Å²) < 4.78 is 42.6. The van der Waals surface area contributed by atoms with Crippen LogP contribution in [0.2, 0.25) is 0 Å². The van der Waals surface area contributed by atoms with Crippen molar-refractivity contribution < 1.29 is 23.1 Å². The van der Waals surface area contributed by atoms with Crippen LogP contribution in [0.4, 0.5) is 13.2 Å². The Morgan fingerprint density at radius 2 is 2.05 bits per heavy atom. The fraction of sp³-hybridized carbons (Fsp3) is 0.231. The van der Waals surface area contributed by atoms with Crippen LogP contribution in [0.3, 0.4) is 0 Å². The average Bonchev–Trinajstić information content (AvgIpc) is 2.44. The van der Waals surface area contributed by atoms with E-state index in [2.05, 4.69) is 10.1 Å². The number of rotatable bonds is 3. The molecule has 1 atom stereocenters. The zero-order valence-corrected chi connectivity index (χ0v) is 10.9. The molecule has 8 heteroatoms. The molecule has 3 N–H and O–H groups in total. The lowest BCUT2D eigenvalue weighted by Crippen LogP contribution is -2.32. The van der Waals surface area contributed by atoms with E-state index in [1.54, 1.807) is 24.3 Å². The molecule has 0 fully saturated rings. The van der Waals surface area contributed by atoms with E-state index in [4.69, 9.17) is 15.7 Å². The second-order valence-corrected chi connectivity index (χ2v) is 4.32. The molecule has 112 valence electrons. The Labute approximate surface area is 117 Å². The summed E-state index contributed by atoms with van der Waals surface area (Å²) in [5.74, 6) is -0.716. The summed E-state index contributed by atoms with van der Waals surface area (Å²) >= 11 is 0. The molecule has 0 aliphatic carbocycles. The number of hydrogen-bond acceptors (Lipinski definition) is 4. The van der Waals surface area contributed by atoms with Gasteiger partial charge in [-0.25, -0.2) is 4.98 Å². The lowest BCUT2D eigenvalue weighted by atomic mass is 10.1. The Bertz CT molecular complexity index is 686. The molecule has 2 aromatic rings. The van der Waals surface area contributed by atoms with Gasteiger partial charge in [-0.05, 0) is 19.1 Å². The Balaban J connectivity index is 2.54. The van der Waals surface area contributed by atoms with Gasteiger partial charge in [-0.3, -0.25) is 0 Å². The van der Waals surface area contributed by atoms with Gasteiger partial charge in [0, 0.05) is 5.39 Å². The van der Waals surface area contributed by atoms with Gasteiger partial charge < -0.3 is 15.7 Å². The molecular weight excluding hydrogens is 287 g/mol. The molecule has 5 nitrogen and oxygen atoms in total. The van der Waals surface area contributed by atoms with Crippen molar-refractivity contribution in [1.29, 1.82) is 0 Å². The average molecular weight is 299 g/mol. The van der Waals surface area contributed by atoms with Gasteiger partial charge in [0.1, 0.15) is 0 Å². The van der Waals surface area contributed by atoms with Gasteiger partial charge in [-0.15, -0.1) is 0 Å². The summed E-state index contributed by atoms with van der Waals surface area (Å²) in [6.07, 6.45) is -6.62. The van der Waals surface area contributed by atoms with Gasteiger partial charge in [-0.2, -0.15) is 13.2 Å². The Morgan fingerprint density at radius 3 is 2.67 bits per heavy atom. The number of halogens is 3. The van der Waals surface area contributed by atoms with Crippen LogP contribution in [0, 0.1) is 0 Å². The van der Waals surface area contributed by atoms with E-state index in [0.717, 1.165) is 6.92 Å². The third kappa shape index (κ3) is 3.15. The quantitative estimate of drug-likeness (QED) is 0.395. The van der Waals surface area contributed by atoms with Gasteiger partial charge in [0.05, 0.1) is 11.1 Å². The number of alkyl halides is 3. The van der Waals surface area contributed by atoms with E-state index >= 15 is 0 Å². The molecule has 21 heavy (non-hydrogen) atoms. The largest absolute Gasteiger partial charge is 0.464 e. The normalized spacial score (nSPS) is 14.2. The van der Waals surface area contributed by atoms with Crippen LogP contribution in [0.1, 0.15) is 12.5 Å². The monoisotopic (exact) mass is 299 g/mol. The van der Waals surface area contributed by atoms with Crippen LogP contribution in [0.25, 0.3) is 10.9 Å². The molecule has 0 amide bonds. The number of oxime groups is 1. The maximum absolute atomic E-state index is 12.6. The number of nitrogens with zero attached hydrogens (tertiary/aromatic N) is 2. The van der Waals surface area contributed by atoms with Crippen molar-refractivity contribution in [3.63, 3.8) is 0 Å². The molecule has 2 rings (SSSR count). The Morgan fingerprint density at radius 1 is 1.38 bits per heavy atom. The topological polar surface area (TPSA) is 80.7 Å². The highest BCUT2D eigenvalue weighted by Crippen LogP contribution is 2.28. The first-order valence-corrected chi connectivity index (χ1v) is 5.94. The lowest BCUT2D eigenvalue weighted by molar-refractivity contribution is -0.189. The first kappa shape index (κ1) is 14.9. The predicted octanol–water partition coefficient (Wildman–Crippen LogP) is 2.66. The number of para-hydroxylation sites is 1. The summed E-state index contributed by atoms with van der Waals surface area (Å²) in [6, 6.07) is 8.20. The lowest BCUT2D eigenvalue weighted by Gasteiger charge is -2.19. The smallest absolute Gasteiger partial charge is 0.425 e. The summed E-state index contributed by atoms with van der Waals surface area (Å²) in [4.78, 5) is 4.00. The Kier molecular flexibility index (Phi) is 3.88. The molecule has 0 aliphatic rings. The van der Waals surface area contributed by atoms with Crippen LogP contribution in [0.5, 0.6) is 5.88 Å². The number of nitrogens with two attached hydrogens (primary N) is 1. The van der Waals surface area contributed by atoms with Gasteiger partial charge in [0.25, 0.3) is 0 Å². The van der Waals surface area contributed by atoms with Crippen molar-refractivity contribution in [3.8, 4) is 5.88 Å². The maximum Gasteiger partial charge on any atom is 0.425 e. The number of hydrogen-bond donors (Lipinski definition) is 2. The SMILES string of the molecule is CC(Oc1nc2ccccc2cc1C(N)=NO)C(F)(F)F.